The minimum absolute atomic E-state index is 0. The van der Waals surface area contributed by atoms with Crippen LogP contribution in [-0.4, -0.2) is 51.9 Å². The third-order valence-electron chi connectivity index (χ3n) is 4.13. The van der Waals surface area contributed by atoms with Gasteiger partial charge in [0.05, 0.1) is 19.6 Å². The molecule has 4 aromatic rings. The number of benzene rings is 4. The average Bonchev–Trinajstić information content (AvgIpc) is 2.90. The molecule has 0 radical (unpaired) electrons. The van der Waals surface area contributed by atoms with E-state index in [2.05, 4.69) is 0 Å². The molecule has 0 fully saturated rings. The first-order valence-electron chi connectivity index (χ1n) is 10.5. The van der Waals surface area contributed by atoms with Crippen molar-refractivity contribution in [3.8, 4) is 0 Å². The molecule has 0 saturated carbocycles. The molecule has 0 heterocycles. The van der Waals surface area contributed by atoms with E-state index in [1.807, 2.05) is 0 Å². The van der Waals surface area contributed by atoms with Crippen molar-refractivity contribution >= 4 is 40.5 Å². The summed E-state index contributed by atoms with van der Waals surface area (Å²) >= 11 is 0. The van der Waals surface area contributed by atoms with Gasteiger partial charge in [0, 0.05) is 0 Å². The van der Waals surface area contributed by atoms with Gasteiger partial charge in [0.1, 0.15) is 40.5 Å². The summed E-state index contributed by atoms with van der Waals surface area (Å²) in [7, 11) is -17.0. The fourth-order valence-corrected chi connectivity index (χ4v) is 4.31. The van der Waals surface area contributed by atoms with Crippen molar-refractivity contribution < 1.29 is 170 Å². The topological polar surface area (TPSA) is 229 Å². The molecule has 0 atom stereocenters. The van der Waals surface area contributed by atoms with E-state index in [-0.39, 0.29) is 138 Å². The molecule has 20 heteroatoms. The molecule has 216 valence electrons. The summed E-state index contributed by atoms with van der Waals surface area (Å²) in [6.07, 6.45) is 0. The Labute approximate surface area is 346 Å². The van der Waals surface area contributed by atoms with Gasteiger partial charge in [-0.2, -0.15) is 0 Å². The Morgan fingerprint density at radius 1 is 0.273 bits per heavy atom. The number of rotatable bonds is 4. The van der Waals surface area contributed by atoms with Crippen LogP contribution in [0.15, 0.2) is 141 Å². The van der Waals surface area contributed by atoms with Gasteiger partial charge in [0.15, 0.2) is 0 Å². The Morgan fingerprint density at radius 2 is 0.386 bits per heavy atom. The van der Waals surface area contributed by atoms with Crippen LogP contribution in [0.4, 0.5) is 0 Å². The van der Waals surface area contributed by atoms with E-state index in [1.54, 1.807) is 24.3 Å². The molecule has 0 amide bonds. The van der Waals surface area contributed by atoms with Crippen LogP contribution >= 0.6 is 0 Å². The predicted octanol–water partition coefficient (Wildman–Crippen LogP) is -9.62. The van der Waals surface area contributed by atoms with E-state index in [4.69, 9.17) is 0 Å². The Bertz CT molecular complexity index is 1490. The second-order valence-corrected chi connectivity index (χ2v) is 12.6. The standard InChI is InChI=1S/4C6H6O3S.4Na/c4*7-10(8,9)6-4-2-1-3-5-6;;;;/h4*1-5H,(H,7,8,9);;;;/q;;;;4*+1/p-4. The number of hydrogen-bond acceptors (Lipinski definition) is 12. The summed E-state index contributed by atoms with van der Waals surface area (Å²) in [4.78, 5) is -0.741. The molecule has 0 aliphatic heterocycles. The van der Waals surface area contributed by atoms with Crippen molar-refractivity contribution in [2.75, 3.05) is 0 Å². The van der Waals surface area contributed by atoms with Crippen LogP contribution in [0.1, 0.15) is 0 Å². The van der Waals surface area contributed by atoms with Gasteiger partial charge in [-0.15, -0.1) is 0 Å². The van der Waals surface area contributed by atoms with Crippen LogP contribution in [0.25, 0.3) is 0 Å². The smallest absolute Gasteiger partial charge is 0.744 e. The van der Waals surface area contributed by atoms with Gasteiger partial charge in [-0.25, -0.2) is 33.7 Å². The van der Waals surface area contributed by atoms with E-state index in [0.717, 1.165) is 0 Å². The normalized spacial score (nSPS) is 10.3. The molecule has 0 spiro atoms. The summed E-state index contributed by atoms with van der Waals surface area (Å²) in [5.41, 5.74) is 0. The minimum Gasteiger partial charge on any atom is -0.744 e. The maximum atomic E-state index is 10.3. The third kappa shape index (κ3) is 22.9. The summed E-state index contributed by atoms with van der Waals surface area (Å²) < 4.78 is 123. The third-order valence-corrected chi connectivity index (χ3v) is 7.53. The van der Waals surface area contributed by atoms with Gasteiger partial charge in [-0.3, -0.25) is 0 Å². The van der Waals surface area contributed by atoms with Crippen LogP contribution in [-0.2, 0) is 40.5 Å². The van der Waals surface area contributed by atoms with Gasteiger partial charge in [0.25, 0.3) is 0 Å². The molecule has 0 aliphatic carbocycles. The van der Waals surface area contributed by atoms with Gasteiger partial charge in [0.2, 0.25) is 0 Å². The fourth-order valence-electron chi connectivity index (χ4n) is 2.35. The second kappa shape index (κ2) is 24.6. The first-order valence-corrected chi connectivity index (χ1v) is 16.1. The maximum Gasteiger partial charge on any atom is 1.00 e. The zero-order valence-electron chi connectivity index (χ0n) is 24.1. The quantitative estimate of drug-likeness (QED) is 0.141. The first kappa shape index (κ1) is 51.4. The molecule has 0 saturated heterocycles. The first-order chi connectivity index (χ1) is 18.4. The molecule has 0 N–H and O–H groups in total. The fraction of sp³-hybridized carbons (Fsp3) is 0. The average molecular weight is 721 g/mol. The SMILES string of the molecule is O=S(=O)([O-])c1ccccc1.O=S(=O)([O-])c1ccccc1.O=S(=O)([O-])c1ccccc1.O=S(=O)([O-])c1ccccc1.[Na+].[Na+].[Na+].[Na+]. The van der Waals surface area contributed by atoms with Gasteiger partial charge < -0.3 is 18.2 Å². The van der Waals surface area contributed by atoms with E-state index in [1.165, 1.54) is 97.1 Å². The van der Waals surface area contributed by atoms with Crippen LogP contribution in [0.3, 0.4) is 0 Å². The van der Waals surface area contributed by atoms with Crippen LogP contribution in [0.5, 0.6) is 0 Å². The monoisotopic (exact) mass is 720 g/mol. The molecule has 12 nitrogen and oxygen atoms in total. The maximum absolute atomic E-state index is 10.3. The Hall–Kier alpha value is 0.520. The number of hydrogen-bond donors (Lipinski definition) is 0. The molecule has 0 aromatic heterocycles. The predicted molar refractivity (Wildman–Crippen MR) is 138 cm³/mol. The molecular formula is C24H20Na4O12S4. The van der Waals surface area contributed by atoms with Crippen LogP contribution in [0, 0.1) is 0 Å². The van der Waals surface area contributed by atoms with Crippen molar-refractivity contribution in [2.24, 2.45) is 0 Å². The van der Waals surface area contributed by atoms with Crippen molar-refractivity contribution in [3.05, 3.63) is 121 Å². The Morgan fingerprint density at radius 3 is 0.455 bits per heavy atom. The zero-order chi connectivity index (χ0) is 30.5. The van der Waals surface area contributed by atoms with Gasteiger partial charge in [-0.05, 0) is 48.5 Å². The van der Waals surface area contributed by atoms with E-state index in [9.17, 15) is 51.9 Å². The van der Waals surface area contributed by atoms with Crippen molar-refractivity contribution in [2.45, 2.75) is 19.6 Å². The van der Waals surface area contributed by atoms with E-state index < -0.39 is 40.5 Å². The van der Waals surface area contributed by atoms with Crippen molar-refractivity contribution in [3.63, 3.8) is 0 Å². The summed E-state index contributed by atoms with van der Waals surface area (Å²) in [5.74, 6) is 0. The molecular weight excluding hydrogens is 700 g/mol. The molecule has 4 rings (SSSR count). The molecule has 0 unspecified atom stereocenters. The van der Waals surface area contributed by atoms with Crippen LogP contribution < -0.4 is 118 Å². The van der Waals surface area contributed by atoms with Gasteiger partial charge in [-0.1, -0.05) is 72.8 Å². The molecule has 4 aromatic carbocycles. The van der Waals surface area contributed by atoms with Crippen LogP contribution in [0.2, 0.25) is 0 Å². The summed E-state index contributed by atoms with van der Waals surface area (Å²) in [5, 5.41) is 0. The molecule has 0 aliphatic rings. The zero-order valence-corrected chi connectivity index (χ0v) is 35.3. The molecule has 44 heavy (non-hydrogen) atoms. The summed E-state index contributed by atoms with van der Waals surface area (Å²) in [6, 6.07) is 28.8. The largest absolute Gasteiger partial charge is 1.00 e. The molecule has 0 bridgehead atoms. The minimum atomic E-state index is -4.25. The Balaban J connectivity index is -0.000000235. The van der Waals surface area contributed by atoms with Crippen molar-refractivity contribution in [1.82, 2.24) is 0 Å². The second-order valence-electron chi connectivity index (χ2n) is 7.07. The van der Waals surface area contributed by atoms with E-state index >= 15 is 0 Å². The van der Waals surface area contributed by atoms with Gasteiger partial charge >= 0.3 is 118 Å². The Kier molecular flexibility index (Phi) is 28.7. The summed E-state index contributed by atoms with van der Waals surface area (Å²) in [6.45, 7) is 0. The van der Waals surface area contributed by atoms with E-state index in [0.29, 0.717) is 0 Å². The van der Waals surface area contributed by atoms with Crippen molar-refractivity contribution in [1.29, 1.82) is 0 Å².